The van der Waals surface area contributed by atoms with Crippen LogP contribution in [0.1, 0.15) is 34.5 Å². The average molecular weight is 325 g/mol. The van der Waals surface area contributed by atoms with Crippen molar-refractivity contribution in [1.82, 2.24) is 4.98 Å². The monoisotopic (exact) mass is 325 g/mol. The normalized spacial score (nSPS) is 10.2. The summed E-state index contributed by atoms with van der Waals surface area (Å²) < 4.78 is 5.66. The molecule has 0 spiro atoms. The van der Waals surface area contributed by atoms with Gasteiger partial charge in [-0.3, -0.25) is 4.79 Å². The number of allylic oxidation sites excluding steroid dienone is 1. The number of amides is 1. The number of rotatable bonds is 7. The number of benzene rings is 1. The highest BCUT2D eigenvalue weighted by molar-refractivity contribution is 6.07. The van der Waals surface area contributed by atoms with E-state index in [2.05, 4.69) is 16.9 Å². The third kappa shape index (κ3) is 4.59. The van der Waals surface area contributed by atoms with Gasteiger partial charge >= 0.3 is 0 Å². The van der Waals surface area contributed by atoms with Crippen molar-refractivity contribution in [3.63, 3.8) is 0 Å². The lowest BCUT2D eigenvalue weighted by Gasteiger charge is -2.11. The molecule has 3 N–H and O–H groups in total. The van der Waals surface area contributed by atoms with Gasteiger partial charge in [0.1, 0.15) is 11.6 Å². The third-order valence-corrected chi connectivity index (χ3v) is 3.65. The number of nitrogens with zero attached hydrogens (tertiary/aromatic N) is 1. The van der Waals surface area contributed by atoms with Gasteiger partial charge in [0.25, 0.3) is 5.91 Å². The Balaban J connectivity index is 2.06. The number of carbonyl (C=O) groups excluding carboxylic acids is 1. The number of carbonyl (C=O) groups is 1. The quantitative estimate of drug-likeness (QED) is 0.598. The van der Waals surface area contributed by atoms with Gasteiger partial charge in [-0.1, -0.05) is 12.1 Å². The Hall–Kier alpha value is -2.82. The standard InChI is InChI=1S/C19H23N3O2/c1-4-5-6-10-24-16-9-7-8-15(12-16)22-19(23)17-11-13(2)14(3)21-18(17)20/h4,7-9,11-12H,1,5-6,10H2,2-3H3,(H2,20,21)(H,22,23). The van der Waals surface area contributed by atoms with E-state index in [9.17, 15) is 4.79 Å². The van der Waals surface area contributed by atoms with Crippen molar-refractivity contribution in [2.75, 3.05) is 17.7 Å². The van der Waals surface area contributed by atoms with Gasteiger partial charge in [-0.15, -0.1) is 6.58 Å². The van der Waals surface area contributed by atoms with Crippen LogP contribution in [-0.4, -0.2) is 17.5 Å². The van der Waals surface area contributed by atoms with Crippen LogP contribution in [0.15, 0.2) is 43.0 Å². The molecule has 1 heterocycles. The number of aromatic nitrogens is 1. The Morgan fingerprint density at radius 3 is 2.92 bits per heavy atom. The molecule has 0 aliphatic carbocycles. The number of ether oxygens (including phenoxy) is 1. The maximum Gasteiger partial charge on any atom is 0.259 e. The van der Waals surface area contributed by atoms with Gasteiger partial charge in [0, 0.05) is 17.4 Å². The van der Waals surface area contributed by atoms with E-state index in [1.807, 2.05) is 32.1 Å². The number of unbranched alkanes of at least 4 members (excludes halogenated alkanes) is 1. The molecule has 1 aromatic heterocycles. The number of hydrogen-bond acceptors (Lipinski definition) is 4. The number of anilines is 2. The van der Waals surface area contributed by atoms with E-state index in [4.69, 9.17) is 10.5 Å². The van der Waals surface area contributed by atoms with Crippen molar-refractivity contribution < 1.29 is 9.53 Å². The van der Waals surface area contributed by atoms with E-state index in [-0.39, 0.29) is 11.7 Å². The highest BCUT2D eigenvalue weighted by atomic mass is 16.5. The second-order valence-electron chi connectivity index (χ2n) is 5.58. The molecule has 0 saturated heterocycles. The zero-order chi connectivity index (χ0) is 17.5. The molecular formula is C19H23N3O2. The molecule has 5 nitrogen and oxygen atoms in total. The summed E-state index contributed by atoms with van der Waals surface area (Å²) in [4.78, 5) is 16.6. The second kappa shape index (κ2) is 8.15. The molecule has 0 aliphatic rings. The third-order valence-electron chi connectivity index (χ3n) is 3.65. The number of nitrogens with two attached hydrogens (primary N) is 1. The molecule has 1 amide bonds. The lowest BCUT2D eigenvalue weighted by Crippen LogP contribution is -2.16. The van der Waals surface area contributed by atoms with Crippen LogP contribution in [0, 0.1) is 13.8 Å². The van der Waals surface area contributed by atoms with Gasteiger partial charge in [-0.2, -0.15) is 0 Å². The fraction of sp³-hybridized carbons (Fsp3) is 0.263. The molecule has 0 aliphatic heterocycles. The van der Waals surface area contributed by atoms with E-state index < -0.39 is 0 Å². The summed E-state index contributed by atoms with van der Waals surface area (Å²) in [6.07, 6.45) is 3.68. The van der Waals surface area contributed by atoms with E-state index >= 15 is 0 Å². The predicted octanol–water partition coefficient (Wildman–Crippen LogP) is 3.88. The van der Waals surface area contributed by atoms with Crippen LogP contribution in [0.4, 0.5) is 11.5 Å². The van der Waals surface area contributed by atoms with Gasteiger partial charge in [0.15, 0.2) is 0 Å². The summed E-state index contributed by atoms with van der Waals surface area (Å²) >= 11 is 0. The summed E-state index contributed by atoms with van der Waals surface area (Å²) in [5, 5.41) is 2.83. The number of nitrogens with one attached hydrogen (secondary N) is 1. The minimum absolute atomic E-state index is 0.229. The number of nitrogen functional groups attached to an aromatic ring is 1. The molecule has 0 radical (unpaired) electrons. The zero-order valence-electron chi connectivity index (χ0n) is 14.1. The van der Waals surface area contributed by atoms with Crippen LogP contribution in [0.5, 0.6) is 5.75 Å². The van der Waals surface area contributed by atoms with Crippen molar-refractivity contribution >= 4 is 17.4 Å². The Bertz CT molecular complexity index is 741. The molecule has 5 heteroatoms. The van der Waals surface area contributed by atoms with Gasteiger partial charge in [-0.25, -0.2) is 4.98 Å². The first kappa shape index (κ1) is 17.5. The predicted molar refractivity (Wildman–Crippen MR) is 97.4 cm³/mol. The topological polar surface area (TPSA) is 77.2 Å². The first-order valence-corrected chi connectivity index (χ1v) is 7.90. The Kier molecular flexibility index (Phi) is 5.95. The molecule has 0 saturated carbocycles. The highest BCUT2D eigenvalue weighted by Crippen LogP contribution is 2.20. The number of pyridine rings is 1. The second-order valence-corrected chi connectivity index (χ2v) is 5.58. The minimum atomic E-state index is -0.285. The van der Waals surface area contributed by atoms with Crippen LogP contribution < -0.4 is 15.8 Å². The zero-order valence-corrected chi connectivity index (χ0v) is 14.1. The Morgan fingerprint density at radius 1 is 1.38 bits per heavy atom. The fourth-order valence-corrected chi connectivity index (χ4v) is 2.19. The molecule has 2 rings (SSSR count). The number of hydrogen-bond donors (Lipinski definition) is 2. The Morgan fingerprint density at radius 2 is 2.17 bits per heavy atom. The Labute approximate surface area is 142 Å². The van der Waals surface area contributed by atoms with Crippen LogP contribution in [0.25, 0.3) is 0 Å². The summed E-state index contributed by atoms with van der Waals surface area (Å²) in [7, 11) is 0. The average Bonchev–Trinajstić information content (AvgIpc) is 2.55. The molecule has 2 aromatic rings. The van der Waals surface area contributed by atoms with E-state index in [0.29, 0.717) is 23.6 Å². The first-order valence-electron chi connectivity index (χ1n) is 7.90. The van der Waals surface area contributed by atoms with Crippen molar-refractivity contribution in [2.45, 2.75) is 26.7 Å². The largest absolute Gasteiger partial charge is 0.494 e. The van der Waals surface area contributed by atoms with Crippen molar-refractivity contribution in [1.29, 1.82) is 0 Å². The van der Waals surface area contributed by atoms with E-state index in [0.717, 1.165) is 24.1 Å². The molecule has 24 heavy (non-hydrogen) atoms. The first-order chi connectivity index (χ1) is 11.5. The van der Waals surface area contributed by atoms with Crippen molar-refractivity contribution in [2.24, 2.45) is 0 Å². The van der Waals surface area contributed by atoms with Gasteiger partial charge in [0.05, 0.1) is 12.2 Å². The molecule has 1 aromatic carbocycles. The smallest absolute Gasteiger partial charge is 0.259 e. The maximum absolute atomic E-state index is 12.4. The lowest BCUT2D eigenvalue weighted by atomic mass is 10.1. The van der Waals surface area contributed by atoms with Gasteiger partial charge < -0.3 is 15.8 Å². The molecule has 0 unspecified atom stereocenters. The van der Waals surface area contributed by atoms with Gasteiger partial charge in [0.2, 0.25) is 0 Å². The summed E-state index contributed by atoms with van der Waals surface area (Å²) in [5.41, 5.74) is 8.63. The molecule has 0 bridgehead atoms. The van der Waals surface area contributed by atoms with Crippen molar-refractivity contribution in [3.8, 4) is 5.75 Å². The SMILES string of the molecule is C=CCCCOc1cccc(NC(=O)c2cc(C)c(C)nc2N)c1. The molecule has 0 fully saturated rings. The molecule has 126 valence electrons. The fourth-order valence-electron chi connectivity index (χ4n) is 2.19. The highest BCUT2D eigenvalue weighted by Gasteiger charge is 2.13. The van der Waals surface area contributed by atoms with Crippen LogP contribution in [0.2, 0.25) is 0 Å². The van der Waals surface area contributed by atoms with Crippen molar-refractivity contribution in [3.05, 3.63) is 59.8 Å². The minimum Gasteiger partial charge on any atom is -0.494 e. The molecular weight excluding hydrogens is 302 g/mol. The summed E-state index contributed by atoms with van der Waals surface area (Å²) in [6.45, 7) is 8.05. The summed E-state index contributed by atoms with van der Waals surface area (Å²) in [5.74, 6) is 0.655. The van der Waals surface area contributed by atoms with E-state index in [1.165, 1.54) is 0 Å². The molecule has 0 atom stereocenters. The van der Waals surface area contributed by atoms with Crippen LogP contribution in [-0.2, 0) is 0 Å². The van der Waals surface area contributed by atoms with Crippen LogP contribution in [0.3, 0.4) is 0 Å². The van der Waals surface area contributed by atoms with Crippen LogP contribution >= 0.6 is 0 Å². The van der Waals surface area contributed by atoms with Gasteiger partial charge in [-0.05, 0) is 50.5 Å². The number of aryl methyl sites for hydroxylation is 2. The summed E-state index contributed by atoms with van der Waals surface area (Å²) in [6, 6.07) is 9.04. The lowest BCUT2D eigenvalue weighted by molar-refractivity contribution is 0.102. The van der Waals surface area contributed by atoms with E-state index in [1.54, 1.807) is 18.2 Å². The maximum atomic E-state index is 12.4.